The third kappa shape index (κ3) is 2.65. The number of nitrogens with two attached hydrogens (primary N) is 1. The zero-order valence-corrected chi connectivity index (χ0v) is 14.8. The third-order valence-electron chi connectivity index (χ3n) is 4.55. The van der Waals surface area contributed by atoms with Crippen molar-refractivity contribution in [3.8, 4) is 0 Å². The highest BCUT2D eigenvalue weighted by Crippen LogP contribution is 2.53. The molecular weight excluding hydrogens is 359 g/mol. The average molecular weight is 379 g/mol. The first-order valence-electron chi connectivity index (χ1n) is 6.63. The van der Waals surface area contributed by atoms with Gasteiger partial charge in [0.05, 0.1) is 0 Å². The molecule has 0 aromatic heterocycles. The Hall–Kier alpha value is -0.500. The van der Waals surface area contributed by atoms with Crippen molar-refractivity contribution in [2.75, 3.05) is 0 Å². The summed E-state index contributed by atoms with van der Waals surface area (Å²) in [7, 11) is -3.93. The molecule has 4 nitrogen and oxygen atoms in total. The van der Waals surface area contributed by atoms with Gasteiger partial charge in [0.15, 0.2) is 0 Å². The molecule has 21 heavy (non-hydrogen) atoms. The summed E-state index contributed by atoms with van der Waals surface area (Å²) < 4.78 is 41.9. The Kier molecular flexibility index (Phi) is 4.02. The van der Waals surface area contributed by atoms with Crippen LogP contribution in [0, 0.1) is 16.6 Å². The van der Waals surface area contributed by atoms with Crippen molar-refractivity contribution in [2.45, 2.75) is 44.7 Å². The summed E-state index contributed by atoms with van der Waals surface area (Å²) in [6.45, 7) is 7.64. The summed E-state index contributed by atoms with van der Waals surface area (Å²) in [4.78, 5) is -0.349. The molecular formula is C14H20BrFN2O2S. The van der Waals surface area contributed by atoms with Crippen molar-refractivity contribution in [3.63, 3.8) is 0 Å². The van der Waals surface area contributed by atoms with Gasteiger partial charge in [-0.1, -0.05) is 43.6 Å². The molecule has 1 aromatic carbocycles. The minimum Gasteiger partial charge on any atom is -0.327 e. The Bertz CT molecular complexity index is 658. The Morgan fingerprint density at radius 3 is 2.24 bits per heavy atom. The monoisotopic (exact) mass is 378 g/mol. The molecule has 0 radical (unpaired) electrons. The fourth-order valence-electron chi connectivity index (χ4n) is 3.40. The lowest BCUT2D eigenvalue weighted by molar-refractivity contribution is -0.0593. The van der Waals surface area contributed by atoms with E-state index in [0.717, 1.165) is 6.07 Å². The highest BCUT2D eigenvalue weighted by molar-refractivity contribution is 9.10. The lowest BCUT2D eigenvalue weighted by Gasteiger charge is -2.62. The van der Waals surface area contributed by atoms with Gasteiger partial charge < -0.3 is 5.73 Å². The van der Waals surface area contributed by atoms with Crippen LogP contribution in [-0.2, 0) is 10.0 Å². The van der Waals surface area contributed by atoms with E-state index in [2.05, 4.69) is 20.7 Å². The summed E-state index contributed by atoms with van der Waals surface area (Å²) in [6, 6.07) is 3.40. The van der Waals surface area contributed by atoms with Gasteiger partial charge >= 0.3 is 0 Å². The van der Waals surface area contributed by atoms with Crippen molar-refractivity contribution < 1.29 is 12.8 Å². The van der Waals surface area contributed by atoms with Gasteiger partial charge in [-0.3, -0.25) is 0 Å². The topological polar surface area (TPSA) is 72.2 Å². The van der Waals surface area contributed by atoms with Crippen LogP contribution < -0.4 is 10.5 Å². The number of hydrogen-bond donors (Lipinski definition) is 2. The van der Waals surface area contributed by atoms with E-state index in [-0.39, 0.29) is 27.8 Å². The van der Waals surface area contributed by atoms with E-state index in [1.165, 1.54) is 12.1 Å². The number of rotatable bonds is 3. The molecule has 0 aliphatic heterocycles. The highest BCUT2D eigenvalue weighted by Gasteiger charge is 2.61. The van der Waals surface area contributed by atoms with Gasteiger partial charge in [0.1, 0.15) is 10.7 Å². The lowest BCUT2D eigenvalue weighted by Crippen LogP contribution is -2.75. The summed E-state index contributed by atoms with van der Waals surface area (Å²) in [5.41, 5.74) is 5.34. The summed E-state index contributed by atoms with van der Waals surface area (Å²) in [5.74, 6) is -0.781. The van der Waals surface area contributed by atoms with Crippen molar-refractivity contribution in [3.05, 3.63) is 28.5 Å². The molecule has 0 heterocycles. The van der Waals surface area contributed by atoms with Crippen LogP contribution in [0.25, 0.3) is 0 Å². The van der Waals surface area contributed by atoms with Crippen LogP contribution >= 0.6 is 15.9 Å². The SMILES string of the molecule is CC1(C)C(N)C(C)(C)C1NS(=O)(=O)c1ccc(Br)cc1F. The van der Waals surface area contributed by atoms with Gasteiger partial charge in [-0.2, -0.15) is 0 Å². The predicted molar refractivity (Wildman–Crippen MR) is 83.7 cm³/mol. The van der Waals surface area contributed by atoms with Gasteiger partial charge in [-0.05, 0) is 29.0 Å². The van der Waals surface area contributed by atoms with Crippen molar-refractivity contribution in [1.82, 2.24) is 4.72 Å². The average Bonchev–Trinajstić information content (AvgIpc) is 2.34. The second-order valence-corrected chi connectivity index (χ2v) is 9.35. The molecule has 1 aliphatic rings. The molecule has 0 bridgehead atoms. The number of halogens is 2. The number of sulfonamides is 1. The number of nitrogens with one attached hydrogen (secondary N) is 1. The zero-order chi connectivity index (χ0) is 16.2. The molecule has 1 fully saturated rings. The van der Waals surface area contributed by atoms with Crippen LogP contribution in [0.15, 0.2) is 27.6 Å². The predicted octanol–water partition coefficient (Wildman–Crippen LogP) is 2.63. The molecule has 0 atom stereocenters. The summed E-state index contributed by atoms with van der Waals surface area (Å²) >= 11 is 3.11. The van der Waals surface area contributed by atoms with Gasteiger partial charge in [0.25, 0.3) is 0 Å². The Balaban J connectivity index is 2.34. The molecule has 2 rings (SSSR count). The molecule has 0 amide bonds. The minimum absolute atomic E-state index is 0.132. The molecule has 118 valence electrons. The number of benzene rings is 1. The maximum Gasteiger partial charge on any atom is 0.243 e. The third-order valence-corrected chi connectivity index (χ3v) is 6.50. The quantitative estimate of drug-likeness (QED) is 0.848. The zero-order valence-electron chi connectivity index (χ0n) is 12.4. The van der Waals surface area contributed by atoms with Gasteiger partial charge in [0.2, 0.25) is 10.0 Å². The van der Waals surface area contributed by atoms with Gasteiger partial charge in [-0.15, -0.1) is 0 Å². The van der Waals surface area contributed by atoms with Gasteiger partial charge in [-0.25, -0.2) is 17.5 Å². The first-order chi connectivity index (χ1) is 9.40. The maximum absolute atomic E-state index is 13.9. The largest absolute Gasteiger partial charge is 0.327 e. The smallest absolute Gasteiger partial charge is 0.243 e. The van der Waals surface area contributed by atoms with Gasteiger partial charge in [0, 0.05) is 16.6 Å². The number of hydrogen-bond acceptors (Lipinski definition) is 3. The van der Waals surface area contributed by atoms with E-state index in [9.17, 15) is 12.8 Å². The fraction of sp³-hybridized carbons (Fsp3) is 0.571. The first-order valence-corrected chi connectivity index (χ1v) is 8.91. The minimum atomic E-state index is -3.93. The van der Waals surface area contributed by atoms with E-state index < -0.39 is 15.8 Å². The van der Waals surface area contributed by atoms with E-state index in [4.69, 9.17) is 5.73 Å². The standard InChI is InChI=1S/C14H20BrFN2O2S/c1-13(2)11(17)14(3,4)12(13)18-21(19,20)10-6-5-8(15)7-9(10)16/h5-7,11-12,18H,17H2,1-4H3. The second kappa shape index (κ2) is 5.01. The molecule has 7 heteroatoms. The maximum atomic E-state index is 13.9. The van der Waals surface area contributed by atoms with E-state index in [0.29, 0.717) is 4.47 Å². The molecule has 0 spiro atoms. The normalized spacial score (nSPS) is 27.2. The van der Waals surface area contributed by atoms with Crippen LogP contribution in [0.5, 0.6) is 0 Å². The van der Waals surface area contributed by atoms with Crippen molar-refractivity contribution in [2.24, 2.45) is 16.6 Å². The molecule has 1 aromatic rings. The highest BCUT2D eigenvalue weighted by atomic mass is 79.9. The van der Waals surface area contributed by atoms with E-state index in [1.54, 1.807) is 0 Å². The Labute approximate surface area is 133 Å². The van der Waals surface area contributed by atoms with Crippen LogP contribution in [0.2, 0.25) is 0 Å². The van der Waals surface area contributed by atoms with Crippen molar-refractivity contribution >= 4 is 26.0 Å². The second-order valence-electron chi connectivity index (χ2n) is 6.75. The summed E-state index contributed by atoms with van der Waals surface area (Å²) in [5, 5.41) is 0. The van der Waals surface area contributed by atoms with E-state index >= 15 is 0 Å². The van der Waals surface area contributed by atoms with Crippen LogP contribution in [0.4, 0.5) is 4.39 Å². The lowest BCUT2D eigenvalue weighted by atomic mass is 9.49. The Morgan fingerprint density at radius 2 is 1.76 bits per heavy atom. The molecule has 1 saturated carbocycles. The Morgan fingerprint density at radius 1 is 1.24 bits per heavy atom. The fourth-order valence-corrected chi connectivity index (χ4v) is 5.34. The molecule has 0 saturated heterocycles. The first kappa shape index (κ1) is 16.9. The summed E-state index contributed by atoms with van der Waals surface area (Å²) in [6.07, 6.45) is 0. The van der Waals surface area contributed by atoms with Crippen LogP contribution in [0.3, 0.4) is 0 Å². The molecule has 0 unspecified atom stereocenters. The molecule has 1 aliphatic carbocycles. The van der Waals surface area contributed by atoms with E-state index in [1.807, 2.05) is 27.7 Å². The van der Waals surface area contributed by atoms with Crippen LogP contribution in [-0.4, -0.2) is 20.5 Å². The van der Waals surface area contributed by atoms with Crippen LogP contribution in [0.1, 0.15) is 27.7 Å². The van der Waals surface area contributed by atoms with Crippen molar-refractivity contribution in [1.29, 1.82) is 0 Å². The molecule has 3 N–H and O–H groups in total.